The molecule has 154 valence electrons. The molecule has 0 spiro atoms. The number of aromatic nitrogens is 1. The molecule has 29 heavy (non-hydrogen) atoms. The molecule has 1 aromatic carbocycles. The van der Waals surface area contributed by atoms with E-state index in [4.69, 9.17) is 5.11 Å². The summed E-state index contributed by atoms with van der Waals surface area (Å²) in [4.78, 5) is 39.6. The lowest BCUT2D eigenvalue weighted by atomic mass is 9.98. The number of nitrogens with zero attached hydrogens (tertiary/aromatic N) is 1. The van der Waals surface area contributed by atoms with Crippen LogP contribution in [0.5, 0.6) is 0 Å². The summed E-state index contributed by atoms with van der Waals surface area (Å²) in [5.74, 6) is -2.95. The molecule has 0 aliphatic rings. The van der Waals surface area contributed by atoms with Gasteiger partial charge in [0.2, 0.25) is 5.91 Å². The number of alkyl halides is 3. The van der Waals surface area contributed by atoms with E-state index in [1.807, 2.05) is 0 Å². The fourth-order valence-electron chi connectivity index (χ4n) is 2.52. The van der Waals surface area contributed by atoms with E-state index >= 15 is 0 Å². The van der Waals surface area contributed by atoms with Gasteiger partial charge in [0, 0.05) is 24.4 Å². The lowest BCUT2D eigenvalue weighted by molar-refractivity contribution is -0.141. The third kappa shape index (κ3) is 6.03. The number of amides is 2. The van der Waals surface area contributed by atoms with Crippen molar-refractivity contribution in [2.45, 2.75) is 31.6 Å². The summed E-state index contributed by atoms with van der Waals surface area (Å²) in [5, 5.41) is 13.5. The van der Waals surface area contributed by atoms with Crippen molar-refractivity contribution in [2.75, 3.05) is 0 Å². The molecule has 0 saturated heterocycles. The van der Waals surface area contributed by atoms with Crippen LogP contribution in [0.3, 0.4) is 0 Å². The van der Waals surface area contributed by atoms with E-state index in [1.165, 1.54) is 49.6 Å². The summed E-state index contributed by atoms with van der Waals surface area (Å²) in [6.07, 6.45) is -2.45. The molecule has 0 radical (unpaired) electrons. The van der Waals surface area contributed by atoms with E-state index in [9.17, 15) is 27.6 Å². The largest absolute Gasteiger partial charge is 0.480 e. The molecule has 1 aromatic heterocycles. The minimum absolute atomic E-state index is 0.146. The Balaban J connectivity index is 2.31. The van der Waals surface area contributed by atoms with Crippen molar-refractivity contribution < 1.29 is 32.7 Å². The average Bonchev–Trinajstić information content (AvgIpc) is 2.67. The minimum Gasteiger partial charge on any atom is -0.480 e. The molecule has 2 amide bonds. The monoisotopic (exact) mass is 409 g/mol. The Kier molecular flexibility index (Phi) is 6.92. The second-order valence-electron chi connectivity index (χ2n) is 6.19. The lowest BCUT2D eigenvalue weighted by Crippen LogP contribution is -2.51. The van der Waals surface area contributed by atoms with Gasteiger partial charge in [0.25, 0.3) is 5.91 Å². The van der Waals surface area contributed by atoms with Gasteiger partial charge < -0.3 is 15.7 Å². The first-order valence-electron chi connectivity index (χ1n) is 8.48. The number of rotatable bonds is 7. The number of pyridine rings is 1. The van der Waals surface area contributed by atoms with Crippen molar-refractivity contribution in [1.29, 1.82) is 0 Å². The third-order valence-electron chi connectivity index (χ3n) is 4.04. The molecule has 0 saturated carbocycles. The van der Waals surface area contributed by atoms with Crippen LogP contribution < -0.4 is 10.6 Å². The number of carbonyl (C=O) groups is 3. The van der Waals surface area contributed by atoms with Crippen LogP contribution in [-0.2, 0) is 22.2 Å². The minimum atomic E-state index is -4.65. The van der Waals surface area contributed by atoms with E-state index in [2.05, 4.69) is 15.6 Å². The molecule has 7 nitrogen and oxygen atoms in total. The number of halogens is 3. The molecule has 2 aromatic rings. The van der Waals surface area contributed by atoms with Crippen molar-refractivity contribution in [2.24, 2.45) is 0 Å². The molecular weight excluding hydrogens is 391 g/mol. The van der Waals surface area contributed by atoms with E-state index in [0.29, 0.717) is 0 Å². The van der Waals surface area contributed by atoms with E-state index in [1.54, 1.807) is 0 Å². The van der Waals surface area contributed by atoms with Gasteiger partial charge in [-0.1, -0.05) is 18.2 Å². The smallest absolute Gasteiger partial charge is 0.416 e. The first kappa shape index (κ1) is 21.9. The zero-order valence-electron chi connectivity index (χ0n) is 15.2. The van der Waals surface area contributed by atoms with Gasteiger partial charge in [0.15, 0.2) is 0 Å². The molecular formula is C19H18F3N3O4. The maximum atomic E-state index is 13.3. The van der Waals surface area contributed by atoms with E-state index in [-0.39, 0.29) is 11.1 Å². The third-order valence-corrected chi connectivity index (χ3v) is 4.04. The number of nitrogens with one attached hydrogen (secondary N) is 2. The van der Waals surface area contributed by atoms with Crippen molar-refractivity contribution in [3.05, 3.63) is 65.5 Å². The van der Waals surface area contributed by atoms with Crippen LogP contribution in [0, 0.1) is 0 Å². The fourth-order valence-corrected chi connectivity index (χ4v) is 2.52. The van der Waals surface area contributed by atoms with Crippen molar-refractivity contribution in [3.63, 3.8) is 0 Å². The molecule has 1 heterocycles. The van der Waals surface area contributed by atoms with E-state index < -0.39 is 48.0 Å². The van der Waals surface area contributed by atoms with Gasteiger partial charge in [0.1, 0.15) is 12.1 Å². The van der Waals surface area contributed by atoms with Gasteiger partial charge in [0.05, 0.1) is 5.56 Å². The number of carboxylic acids is 1. The Morgan fingerprint density at radius 3 is 2.28 bits per heavy atom. The van der Waals surface area contributed by atoms with Crippen molar-refractivity contribution >= 4 is 17.8 Å². The van der Waals surface area contributed by atoms with Crippen LogP contribution in [0.1, 0.15) is 28.4 Å². The number of aliphatic carboxylic acids is 1. The lowest BCUT2D eigenvalue weighted by Gasteiger charge is -2.22. The quantitative estimate of drug-likeness (QED) is 0.649. The Morgan fingerprint density at radius 2 is 1.69 bits per heavy atom. The maximum Gasteiger partial charge on any atom is 0.416 e. The second kappa shape index (κ2) is 9.18. The topological polar surface area (TPSA) is 108 Å². The molecule has 0 fully saturated rings. The first-order valence-corrected chi connectivity index (χ1v) is 8.48. The molecule has 2 rings (SSSR count). The highest BCUT2D eigenvalue weighted by atomic mass is 19.4. The number of hydrogen-bond acceptors (Lipinski definition) is 4. The zero-order chi connectivity index (χ0) is 21.6. The number of carboxylic acid groups (broad SMARTS) is 1. The molecule has 0 bridgehead atoms. The van der Waals surface area contributed by atoms with Crippen molar-refractivity contribution in [3.8, 4) is 0 Å². The average molecular weight is 409 g/mol. The summed E-state index contributed by atoms with van der Waals surface area (Å²) >= 11 is 0. The maximum absolute atomic E-state index is 13.3. The Bertz CT molecular complexity index is 888. The molecule has 10 heteroatoms. The Morgan fingerprint density at radius 1 is 1.07 bits per heavy atom. The van der Waals surface area contributed by atoms with Gasteiger partial charge in [-0.05, 0) is 30.7 Å². The molecule has 0 aliphatic heterocycles. The summed E-state index contributed by atoms with van der Waals surface area (Å²) in [5.41, 5.74) is -1.01. The highest BCUT2D eigenvalue weighted by Crippen LogP contribution is 2.32. The van der Waals surface area contributed by atoms with Gasteiger partial charge >= 0.3 is 12.1 Å². The number of carbonyl (C=O) groups excluding carboxylic acids is 2. The van der Waals surface area contributed by atoms with Gasteiger partial charge in [-0.2, -0.15) is 13.2 Å². The highest BCUT2D eigenvalue weighted by Gasteiger charge is 2.34. The summed E-state index contributed by atoms with van der Waals surface area (Å²) in [6, 6.07) is 4.67. The summed E-state index contributed by atoms with van der Waals surface area (Å²) < 4.78 is 39.8. The zero-order valence-corrected chi connectivity index (χ0v) is 15.2. The van der Waals surface area contributed by atoms with Crippen LogP contribution in [-0.4, -0.2) is 40.0 Å². The highest BCUT2D eigenvalue weighted by molar-refractivity contribution is 5.98. The van der Waals surface area contributed by atoms with E-state index in [0.717, 1.165) is 6.07 Å². The number of benzene rings is 1. The molecule has 0 unspecified atom stereocenters. The fraction of sp³-hybridized carbons (Fsp3) is 0.263. The SMILES string of the molecule is C[C@H](NC(=O)[C@H](Cc1ccccc1C(F)(F)F)NC(=O)c1ccncc1)C(=O)O. The first-order chi connectivity index (χ1) is 13.6. The summed E-state index contributed by atoms with van der Waals surface area (Å²) in [6.45, 7) is 1.20. The van der Waals surface area contributed by atoms with Gasteiger partial charge in [-0.15, -0.1) is 0 Å². The van der Waals surface area contributed by atoms with Gasteiger partial charge in [-0.3, -0.25) is 19.4 Å². The Hall–Kier alpha value is -3.43. The predicted octanol–water partition coefficient (Wildman–Crippen LogP) is 2.03. The molecule has 2 atom stereocenters. The number of hydrogen-bond donors (Lipinski definition) is 3. The van der Waals surface area contributed by atoms with Crippen LogP contribution >= 0.6 is 0 Å². The Labute approximate surface area is 164 Å². The predicted molar refractivity (Wildman–Crippen MR) is 95.9 cm³/mol. The van der Waals surface area contributed by atoms with Crippen LogP contribution in [0.15, 0.2) is 48.8 Å². The molecule has 3 N–H and O–H groups in total. The van der Waals surface area contributed by atoms with Gasteiger partial charge in [-0.25, -0.2) is 0 Å². The second-order valence-corrected chi connectivity index (χ2v) is 6.19. The normalized spacial score (nSPS) is 13.2. The molecule has 0 aliphatic carbocycles. The standard InChI is InChI=1S/C19H18F3N3O4/c1-11(18(28)29)24-17(27)15(25-16(26)12-6-8-23-9-7-12)10-13-4-2-3-5-14(13)19(20,21)22/h2-9,11,15H,10H2,1H3,(H,24,27)(H,25,26)(H,28,29)/t11-,15-/m0/s1. The van der Waals surface area contributed by atoms with Crippen LogP contribution in [0.4, 0.5) is 13.2 Å². The summed E-state index contributed by atoms with van der Waals surface area (Å²) in [7, 11) is 0. The van der Waals surface area contributed by atoms with Crippen LogP contribution in [0.2, 0.25) is 0 Å². The van der Waals surface area contributed by atoms with Crippen LogP contribution in [0.25, 0.3) is 0 Å². The van der Waals surface area contributed by atoms with Crippen molar-refractivity contribution in [1.82, 2.24) is 15.6 Å².